The van der Waals surface area contributed by atoms with E-state index in [0.717, 1.165) is 30.9 Å². The van der Waals surface area contributed by atoms with Gasteiger partial charge < -0.3 is 14.7 Å². The molecule has 0 spiro atoms. The van der Waals surface area contributed by atoms with Crippen LogP contribution in [-0.4, -0.2) is 35.7 Å². The molecule has 1 fully saturated rings. The first-order valence-corrected chi connectivity index (χ1v) is 8.32. The summed E-state index contributed by atoms with van der Waals surface area (Å²) < 4.78 is 5.64. The van der Waals surface area contributed by atoms with Gasteiger partial charge in [0, 0.05) is 6.54 Å². The molecule has 0 radical (unpaired) electrons. The Hall–Kier alpha value is -1.06. The average molecular weight is 291 g/mol. The van der Waals surface area contributed by atoms with E-state index < -0.39 is 6.10 Å². The largest absolute Gasteiger partial charge is 0.491 e. The van der Waals surface area contributed by atoms with E-state index in [0.29, 0.717) is 0 Å². The highest BCUT2D eigenvalue weighted by Gasteiger charge is 2.14. The molecule has 0 aliphatic carbocycles. The molecule has 3 nitrogen and oxygen atoms in total. The second-order valence-corrected chi connectivity index (χ2v) is 6.32. The molecule has 1 aliphatic rings. The Balaban J connectivity index is 1.87. The van der Waals surface area contributed by atoms with Crippen LogP contribution in [-0.2, 0) is 0 Å². The number of aliphatic hydroxyl groups is 1. The predicted octanol–water partition coefficient (Wildman–Crippen LogP) is 3.77. The van der Waals surface area contributed by atoms with Gasteiger partial charge in [0.2, 0.25) is 0 Å². The monoisotopic (exact) mass is 291 g/mol. The molecule has 3 heteroatoms. The van der Waals surface area contributed by atoms with Crippen molar-refractivity contribution in [1.29, 1.82) is 0 Å². The van der Waals surface area contributed by atoms with E-state index in [4.69, 9.17) is 4.74 Å². The van der Waals surface area contributed by atoms with E-state index >= 15 is 0 Å². The van der Waals surface area contributed by atoms with Crippen molar-refractivity contribution < 1.29 is 9.84 Å². The fourth-order valence-corrected chi connectivity index (χ4v) is 2.89. The average Bonchev–Trinajstić information content (AvgIpc) is 2.41. The summed E-state index contributed by atoms with van der Waals surface area (Å²) in [4.78, 5) is 2.41. The lowest BCUT2D eigenvalue weighted by Crippen LogP contribution is -2.31. The molecule has 1 aliphatic heterocycles. The van der Waals surface area contributed by atoms with Gasteiger partial charge in [-0.2, -0.15) is 0 Å². The molecule has 21 heavy (non-hydrogen) atoms. The quantitative estimate of drug-likeness (QED) is 0.896. The lowest BCUT2D eigenvalue weighted by Gasteiger charge is -2.27. The van der Waals surface area contributed by atoms with E-state index in [2.05, 4.69) is 4.90 Å². The highest BCUT2D eigenvalue weighted by atomic mass is 16.5. The van der Waals surface area contributed by atoms with E-state index in [-0.39, 0.29) is 6.10 Å². The van der Waals surface area contributed by atoms with Crippen LogP contribution in [0.1, 0.15) is 57.6 Å². The molecule has 0 aromatic heterocycles. The first-order valence-electron chi connectivity index (χ1n) is 8.32. The fourth-order valence-electron chi connectivity index (χ4n) is 2.89. The van der Waals surface area contributed by atoms with E-state index in [1.54, 1.807) is 0 Å². The van der Waals surface area contributed by atoms with Crippen LogP contribution < -0.4 is 4.74 Å². The Kier molecular flexibility index (Phi) is 6.52. The lowest BCUT2D eigenvalue weighted by molar-refractivity contribution is 0.108. The van der Waals surface area contributed by atoms with Crippen molar-refractivity contribution >= 4 is 0 Å². The number of nitrogens with zero attached hydrogens (tertiary/aromatic N) is 1. The smallest absolute Gasteiger partial charge is 0.119 e. The fraction of sp³-hybridized carbons (Fsp3) is 0.667. The van der Waals surface area contributed by atoms with Gasteiger partial charge in [-0.3, -0.25) is 0 Å². The number of likely N-dealkylation sites (tertiary alicyclic amines) is 1. The van der Waals surface area contributed by atoms with Crippen LogP contribution >= 0.6 is 0 Å². The third-order valence-corrected chi connectivity index (χ3v) is 4.02. The second-order valence-electron chi connectivity index (χ2n) is 6.32. The first kappa shape index (κ1) is 16.3. The normalized spacial score (nSPS) is 19.0. The summed E-state index contributed by atoms with van der Waals surface area (Å²) in [6, 6.07) is 7.86. The molecule has 1 atom stereocenters. The van der Waals surface area contributed by atoms with Gasteiger partial charge >= 0.3 is 0 Å². The minimum Gasteiger partial charge on any atom is -0.491 e. The third-order valence-electron chi connectivity index (χ3n) is 4.02. The van der Waals surface area contributed by atoms with E-state index in [1.165, 1.54) is 32.1 Å². The van der Waals surface area contributed by atoms with Crippen molar-refractivity contribution in [2.24, 2.45) is 0 Å². The van der Waals surface area contributed by atoms with Crippen molar-refractivity contribution in [3.63, 3.8) is 0 Å². The molecular weight excluding hydrogens is 262 g/mol. The molecular formula is C18H29NO2. The zero-order valence-electron chi connectivity index (χ0n) is 13.4. The highest BCUT2D eigenvalue weighted by Crippen LogP contribution is 2.20. The first-order chi connectivity index (χ1) is 10.1. The Labute approximate surface area is 128 Å². The number of benzene rings is 1. The summed E-state index contributed by atoms with van der Waals surface area (Å²) in [5, 5.41) is 10.4. The Morgan fingerprint density at radius 1 is 1.00 bits per heavy atom. The van der Waals surface area contributed by atoms with Gasteiger partial charge in [-0.1, -0.05) is 31.4 Å². The highest BCUT2D eigenvalue weighted by molar-refractivity contribution is 5.28. The van der Waals surface area contributed by atoms with Crippen LogP contribution in [0.2, 0.25) is 0 Å². The minimum absolute atomic E-state index is 0.182. The molecule has 118 valence electrons. The Morgan fingerprint density at radius 2 is 1.57 bits per heavy atom. The van der Waals surface area contributed by atoms with Gasteiger partial charge in [0.25, 0.3) is 0 Å². The molecule has 0 saturated carbocycles. The molecule has 1 N–H and O–H groups in total. The molecule has 0 bridgehead atoms. The molecule has 1 unspecified atom stereocenters. The summed E-state index contributed by atoms with van der Waals surface area (Å²) >= 11 is 0. The number of hydrogen-bond donors (Lipinski definition) is 1. The lowest BCUT2D eigenvalue weighted by atomic mass is 10.1. The molecule has 2 rings (SSSR count). The molecule has 0 amide bonds. The number of aliphatic hydroxyl groups excluding tert-OH is 1. The van der Waals surface area contributed by atoms with Gasteiger partial charge in [0.05, 0.1) is 12.2 Å². The van der Waals surface area contributed by atoms with Crippen molar-refractivity contribution in [3.05, 3.63) is 29.8 Å². The maximum atomic E-state index is 10.4. The zero-order valence-corrected chi connectivity index (χ0v) is 13.4. The topological polar surface area (TPSA) is 32.7 Å². The molecule has 1 heterocycles. The Morgan fingerprint density at radius 3 is 2.14 bits per heavy atom. The minimum atomic E-state index is -0.405. The van der Waals surface area contributed by atoms with Gasteiger partial charge in [0.15, 0.2) is 0 Å². The summed E-state index contributed by atoms with van der Waals surface area (Å²) in [7, 11) is 0. The number of ether oxygens (including phenoxy) is 1. The van der Waals surface area contributed by atoms with Crippen LogP contribution in [0, 0.1) is 0 Å². The molecule has 1 aromatic carbocycles. The summed E-state index contributed by atoms with van der Waals surface area (Å²) in [5.41, 5.74) is 0.980. The van der Waals surface area contributed by atoms with Crippen molar-refractivity contribution in [2.75, 3.05) is 19.6 Å². The van der Waals surface area contributed by atoms with Crippen LogP contribution in [0.3, 0.4) is 0 Å². The maximum absolute atomic E-state index is 10.4. The summed E-state index contributed by atoms with van der Waals surface area (Å²) in [6.07, 6.45) is 6.32. The Bertz CT molecular complexity index is 394. The van der Waals surface area contributed by atoms with Gasteiger partial charge in [-0.25, -0.2) is 0 Å². The second kappa shape index (κ2) is 8.40. The van der Waals surface area contributed by atoms with Gasteiger partial charge in [-0.15, -0.1) is 0 Å². The van der Waals surface area contributed by atoms with Crippen LogP contribution in [0.5, 0.6) is 5.75 Å². The standard InChI is InChI=1S/C18H29NO2/c1-15(2)21-17-10-8-16(9-11-17)18(20)14-19-12-6-4-3-5-7-13-19/h8-11,15,18,20H,3-7,12-14H2,1-2H3. The molecule has 1 aromatic rings. The van der Waals surface area contributed by atoms with Gasteiger partial charge in [0.1, 0.15) is 5.75 Å². The number of hydrogen-bond acceptors (Lipinski definition) is 3. The van der Waals surface area contributed by atoms with Crippen LogP contribution in [0.25, 0.3) is 0 Å². The number of β-amino-alcohol motifs (C(OH)–C–C–N with tert-alkyl or cyclic N) is 1. The van der Waals surface area contributed by atoms with Crippen LogP contribution in [0.15, 0.2) is 24.3 Å². The van der Waals surface area contributed by atoms with Crippen molar-refractivity contribution in [1.82, 2.24) is 4.90 Å². The molecule has 1 saturated heterocycles. The zero-order chi connectivity index (χ0) is 15.1. The third kappa shape index (κ3) is 5.68. The van der Waals surface area contributed by atoms with E-state index in [1.807, 2.05) is 38.1 Å². The van der Waals surface area contributed by atoms with Gasteiger partial charge in [-0.05, 0) is 57.5 Å². The van der Waals surface area contributed by atoms with Crippen LogP contribution in [0.4, 0.5) is 0 Å². The van der Waals surface area contributed by atoms with Crippen molar-refractivity contribution in [3.8, 4) is 5.75 Å². The maximum Gasteiger partial charge on any atom is 0.119 e. The van der Waals surface area contributed by atoms with Crippen molar-refractivity contribution in [2.45, 2.75) is 58.2 Å². The predicted molar refractivity (Wildman–Crippen MR) is 86.7 cm³/mol. The SMILES string of the molecule is CC(C)Oc1ccc(C(O)CN2CCCCCCC2)cc1. The van der Waals surface area contributed by atoms with E-state index in [9.17, 15) is 5.11 Å². The summed E-state index contributed by atoms with van der Waals surface area (Å²) in [6.45, 7) is 7.01. The number of rotatable bonds is 5. The summed E-state index contributed by atoms with van der Waals surface area (Å²) in [5.74, 6) is 0.868.